The standard InChI is InChI=1S/C15H20BrN3O2/c1-12(20)18-8-10-19(11-9-18)15(21)17-7-6-13-4-2-3-5-14(13)16/h2-5H,6-11H2,1H3,(H,17,21). The molecule has 1 aromatic carbocycles. The molecule has 0 aliphatic carbocycles. The van der Waals surface area contributed by atoms with Gasteiger partial charge in [-0.1, -0.05) is 34.1 Å². The summed E-state index contributed by atoms with van der Waals surface area (Å²) in [6, 6.07) is 7.95. The number of hydrogen-bond donors (Lipinski definition) is 1. The fourth-order valence-electron chi connectivity index (χ4n) is 2.34. The molecule has 1 aromatic rings. The molecular weight excluding hydrogens is 334 g/mol. The second-order valence-electron chi connectivity index (χ2n) is 5.07. The van der Waals surface area contributed by atoms with Gasteiger partial charge in [0.2, 0.25) is 5.91 Å². The lowest BCUT2D eigenvalue weighted by Crippen LogP contribution is -2.52. The van der Waals surface area contributed by atoms with Gasteiger partial charge in [0.15, 0.2) is 0 Å². The van der Waals surface area contributed by atoms with E-state index in [1.165, 1.54) is 5.56 Å². The molecule has 1 aliphatic heterocycles. The first-order valence-corrected chi connectivity index (χ1v) is 7.89. The van der Waals surface area contributed by atoms with E-state index in [0.717, 1.165) is 10.9 Å². The fraction of sp³-hybridized carbons (Fsp3) is 0.467. The molecule has 2 rings (SSSR count). The maximum Gasteiger partial charge on any atom is 0.317 e. The third kappa shape index (κ3) is 4.46. The Morgan fingerprint density at radius 1 is 1.14 bits per heavy atom. The first kappa shape index (κ1) is 15.8. The molecule has 0 aromatic heterocycles. The molecule has 21 heavy (non-hydrogen) atoms. The molecule has 114 valence electrons. The highest BCUT2D eigenvalue weighted by molar-refractivity contribution is 9.10. The van der Waals surface area contributed by atoms with Crippen molar-refractivity contribution in [2.24, 2.45) is 0 Å². The fourth-order valence-corrected chi connectivity index (χ4v) is 2.82. The first-order valence-electron chi connectivity index (χ1n) is 7.09. The minimum absolute atomic E-state index is 0.0507. The van der Waals surface area contributed by atoms with Crippen LogP contribution in [0.25, 0.3) is 0 Å². The number of rotatable bonds is 3. The number of amides is 3. The molecule has 1 N–H and O–H groups in total. The summed E-state index contributed by atoms with van der Waals surface area (Å²) in [6.07, 6.45) is 0.792. The molecule has 0 bridgehead atoms. The van der Waals surface area contributed by atoms with E-state index in [2.05, 4.69) is 21.2 Å². The molecule has 0 saturated carbocycles. The molecule has 0 radical (unpaired) electrons. The summed E-state index contributed by atoms with van der Waals surface area (Å²) in [4.78, 5) is 26.8. The smallest absolute Gasteiger partial charge is 0.317 e. The van der Waals surface area contributed by atoms with Crippen molar-refractivity contribution in [3.63, 3.8) is 0 Å². The van der Waals surface area contributed by atoms with Gasteiger partial charge in [0.05, 0.1) is 0 Å². The van der Waals surface area contributed by atoms with Crippen LogP contribution in [0.3, 0.4) is 0 Å². The van der Waals surface area contributed by atoms with Gasteiger partial charge in [-0.2, -0.15) is 0 Å². The van der Waals surface area contributed by atoms with E-state index in [4.69, 9.17) is 0 Å². The average Bonchev–Trinajstić information content (AvgIpc) is 2.49. The van der Waals surface area contributed by atoms with E-state index in [1.54, 1.807) is 16.7 Å². The van der Waals surface area contributed by atoms with Gasteiger partial charge in [-0.05, 0) is 18.1 Å². The van der Waals surface area contributed by atoms with Gasteiger partial charge in [-0.25, -0.2) is 4.79 Å². The quantitative estimate of drug-likeness (QED) is 0.901. The van der Waals surface area contributed by atoms with Gasteiger partial charge in [0.1, 0.15) is 0 Å². The van der Waals surface area contributed by atoms with Crippen LogP contribution in [0.5, 0.6) is 0 Å². The van der Waals surface area contributed by atoms with E-state index in [1.807, 2.05) is 24.3 Å². The monoisotopic (exact) mass is 353 g/mol. The van der Waals surface area contributed by atoms with Crippen LogP contribution in [-0.4, -0.2) is 54.5 Å². The lowest BCUT2D eigenvalue weighted by atomic mass is 10.1. The minimum atomic E-state index is -0.0507. The lowest BCUT2D eigenvalue weighted by molar-refractivity contribution is -0.130. The van der Waals surface area contributed by atoms with Crippen molar-refractivity contribution in [3.05, 3.63) is 34.3 Å². The number of carbonyl (C=O) groups is 2. The summed E-state index contributed by atoms with van der Waals surface area (Å²) in [7, 11) is 0. The predicted octanol–water partition coefficient (Wildman–Crippen LogP) is 1.87. The molecular formula is C15H20BrN3O2. The van der Waals surface area contributed by atoms with Crippen LogP contribution in [0.4, 0.5) is 4.79 Å². The average molecular weight is 354 g/mol. The molecule has 1 heterocycles. The second kappa shape index (κ2) is 7.45. The molecule has 0 atom stereocenters. The minimum Gasteiger partial charge on any atom is -0.339 e. The zero-order valence-corrected chi connectivity index (χ0v) is 13.7. The molecule has 0 spiro atoms. The van der Waals surface area contributed by atoms with Gasteiger partial charge in [-0.15, -0.1) is 0 Å². The summed E-state index contributed by atoms with van der Waals surface area (Å²) in [5.41, 5.74) is 1.18. The topological polar surface area (TPSA) is 52.7 Å². The number of hydrogen-bond acceptors (Lipinski definition) is 2. The molecule has 1 aliphatic rings. The van der Waals surface area contributed by atoms with Crippen LogP contribution in [-0.2, 0) is 11.2 Å². The van der Waals surface area contributed by atoms with Crippen molar-refractivity contribution in [2.45, 2.75) is 13.3 Å². The molecule has 6 heteroatoms. The Kier molecular flexibility index (Phi) is 5.61. The first-order chi connectivity index (χ1) is 10.1. The van der Waals surface area contributed by atoms with Crippen molar-refractivity contribution in [3.8, 4) is 0 Å². The van der Waals surface area contributed by atoms with Gasteiger partial charge >= 0.3 is 6.03 Å². The highest BCUT2D eigenvalue weighted by Crippen LogP contribution is 2.15. The molecule has 3 amide bonds. The Labute approximate surface area is 133 Å². The van der Waals surface area contributed by atoms with Crippen molar-refractivity contribution in [2.75, 3.05) is 32.7 Å². The number of carbonyl (C=O) groups excluding carboxylic acids is 2. The zero-order valence-electron chi connectivity index (χ0n) is 12.1. The Bertz CT molecular complexity index is 513. The number of nitrogens with zero attached hydrogens (tertiary/aromatic N) is 2. The third-order valence-corrected chi connectivity index (χ3v) is 4.41. The summed E-state index contributed by atoms with van der Waals surface area (Å²) in [5.74, 6) is 0.0731. The predicted molar refractivity (Wildman–Crippen MR) is 85.1 cm³/mol. The van der Waals surface area contributed by atoms with Crippen molar-refractivity contribution >= 4 is 27.9 Å². The van der Waals surface area contributed by atoms with Gasteiger partial charge in [0, 0.05) is 44.1 Å². The molecule has 5 nitrogen and oxygen atoms in total. The zero-order chi connectivity index (χ0) is 15.2. The Balaban J connectivity index is 1.73. The second-order valence-corrected chi connectivity index (χ2v) is 5.92. The van der Waals surface area contributed by atoms with Crippen LogP contribution in [0.2, 0.25) is 0 Å². The normalized spacial score (nSPS) is 15.0. The van der Waals surface area contributed by atoms with Crippen molar-refractivity contribution in [1.29, 1.82) is 0 Å². The van der Waals surface area contributed by atoms with E-state index < -0.39 is 0 Å². The van der Waals surface area contributed by atoms with Crippen LogP contribution in [0.15, 0.2) is 28.7 Å². The summed E-state index contributed by atoms with van der Waals surface area (Å²) in [6.45, 7) is 4.60. The molecule has 1 fully saturated rings. The number of benzene rings is 1. The van der Waals surface area contributed by atoms with E-state index >= 15 is 0 Å². The summed E-state index contributed by atoms with van der Waals surface area (Å²) in [5, 5.41) is 2.93. The Morgan fingerprint density at radius 2 is 1.76 bits per heavy atom. The van der Waals surface area contributed by atoms with Crippen LogP contribution >= 0.6 is 15.9 Å². The van der Waals surface area contributed by atoms with Gasteiger partial charge < -0.3 is 15.1 Å². The van der Waals surface area contributed by atoms with Gasteiger partial charge in [-0.3, -0.25) is 4.79 Å². The maximum absolute atomic E-state index is 12.0. The highest BCUT2D eigenvalue weighted by atomic mass is 79.9. The van der Waals surface area contributed by atoms with E-state index in [0.29, 0.717) is 32.7 Å². The SMILES string of the molecule is CC(=O)N1CCN(C(=O)NCCc2ccccc2Br)CC1. The molecule has 0 unspecified atom stereocenters. The maximum atomic E-state index is 12.0. The van der Waals surface area contributed by atoms with Crippen LogP contribution < -0.4 is 5.32 Å². The van der Waals surface area contributed by atoms with Crippen LogP contribution in [0.1, 0.15) is 12.5 Å². The summed E-state index contributed by atoms with van der Waals surface area (Å²) >= 11 is 3.50. The van der Waals surface area contributed by atoms with E-state index in [9.17, 15) is 9.59 Å². The van der Waals surface area contributed by atoms with Gasteiger partial charge in [0.25, 0.3) is 0 Å². The van der Waals surface area contributed by atoms with Crippen molar-refractivity contribution < 1.29 is 9.59 Å². The lowest BCUT2D eigenvalue weighted by Gasteiger charge is -2.34. The summed E-state index contributed by atoms with van der Waals surface area (Å²) < 4.78 is 1.06. The number of nitrogens with one attached hydrogen (secondary N) is 1. The largest absolute Gasteiger partial charge is 0.339 e. The number of piperazine rings is 1. The van der Waals surface area contributed by atoms with E-state index in [-0.39, 0.29) is 11.9 Å². The number of urea groups is 1. The Hall–Kier alpha value is -1.56. The van der Waals surface area contributed by atoms with Crippen LogP contribution in [0, 0.1) is 0 Å². The Morgan fingerprint density at radius 3 is 2.38 bits per heavy atom. The van der Waals surface area contributed by atoms with Crippen molar-refractivity contribution in [1.82, 2.24) is 15.1 Å². The number of halogens is 1. The highest BCUT2D eigenvalue weighted by Gasteiger charge is 2.21. The third-order valence-electron chi connectivity index (χ3n) is 3.64. The molecule has 1 saturated heterocycles.